The second-order valence-electron chi connectivity index (χ2n) is 5.10. The zero-order valence-electron chi connectivity index (χ0n) is 11.7. The van der Waals surface area contributed by atoms with Crippen LogP contribution < -0.4 is 0 Å². The molecule has 1 aliphatic rings. The van der Waals surface area contributed by atoms with Gasteiger partial charge in [-0.1, -0.05) is 30.3 Å². The summed E-state index contributed by atoms with van der Waals surface area (Å²) in [5, 5.41) is 12.5. The highest BCUT2D eigenvalue weighted by molar-refractivity contribution is 8.00. The average molecular weight is 319 g/mol. The maximum Gasteiger partial charge on any atom is 0.233 e. The molecule has 1 aromatic heterocycles. The number of hydrogen-bond acceptors (Lipinski definition) is 4. The summed E-state index contributed by atoms with van der Waals surface area (Å²) in [6.07, 6.45) is -0.642. The van der Waals surface area contributed by atoms with Crippen LogP contribution in [-0.2, 0) is 4.79 Å². The fourth-order valence-corrected chi connectivity index (χ4v) is 4.95. The molecule has 2 heterocycles. The number of aliphatic hydroxyl groups excluding tert-OH is 1. The number of aryl methyl sites for hydroxylation is 1. The Morgan fingerprint density at radius 2 is 2.10 bits per heavy atom. The van der Waals surface area contributed by atoms with E-state index >= 15 is 0 Å². The summed E-state index contributed by atoms with van der Waals surface area (Å²) in [6, 6.07) is 11.6. The smallest absolute Gasteiger partial charge is 0.233 e. The highest BCUT2D eigenvalue weighted by Gasteiger charge is 2.35. The summed E-state index contributed by atoms with van der Waals surface area (Å²) in [5.41, 5.74) is 2.07. The molecular weight excluding hydrogens is 302 g/mol. The molecule has 21 heavy (non-hydrogen) atoms. The number of aliphatic hydroxyl groups is 1. The number of amides is 1. The monoisotopic (exact) mass is 319 g/mol. The van der Waals surface area contributed by atoms with E-state index in [1.54, 1.807) is 28.0 Å². The first-order valence-corrected chi connectivity index (χ1v) is 8.77. The van der Waals surface area contributed by atoms with Gasteiger partial charge in [0.1, 0.15) is 5.37 Å². The second kappa shape index (κ2) is 6.22. The Kier molecular flexibility index (Phi) is 4.33. The Balaban J connectivity index is 1.79. The van der Waals surface area contributed by atoms with Crippen LogP contribution >= 0.6 is 23.1 Å². The summed E-state index contributed by atoms with van der Waals surface area (Å²) in [4.78, 5) is 15.2. The molecule has 2 aromatic rings. The molecule has 0 bridgehead atoms. The lowest BCUT2D eigenvalue weighted by Crippen LogP contribution is -2.32. The Morgan fingerprint density at radius 3 is 2.76 bits per heavy atom. The van der Waals surface area contributed by atoms with Crippen LogP contribution in [0.15, 0.2) is 41.8 Å². The quantitative estimate of drug-likeness (QED) is 0.939. The number of thiophene rings is 1. The van der Waals surface area contributed by atoms with Crippen molar-refractivity contribution in [3.63, 3.8) is 0 Å². The predicted molar refractivity (Wildman–Crippen MR) is 87.4 cm³/mol. The fraction of sp³-hybridized carbons (Fsp3) is 0.312. The molecule has 0 spiro atoms. The number of hydrogen-bond donors (Lipinski definition) is 1. The largest absolute Gasteiger partial charge is 0.387 e. The van der Waals surface area contributed by atoms with E-state index in [1.807, 2.05) is 30.3 Å². The SMILES string of the molecule is Cc1ccsc1[C@@H]1SCC(=O)N1C[C@H](O)c1ccccc1. The molecule has 0 aliphatic carbocycles. The van der Waals surface area contributed by atoms with Gasteiger partial charge in [0, 0.05) is 4.88 Å². The molecule has 3 rings (SSSR count). The van der Waals surface area contributed by atoms with E-state index in [0.29, 0.717) is 12.3 Å². The number of rotatable bonds is 4. The van der Waals surface area contributed by atoms with Crippen LogP contribution in [0.25, 0.3) is 0 Å². The van der Waals surface area contributed by atoms with Crippen molar-refractivity contribution in [2.75, 3.05) is 12.3 Å². The summed E-state index contributed by atoms with van der Waals surface area (Å²) in [7, 11) is 0. The number of benzene rings is 1. The zero-order valence-corrected chi connectivity index (χ0v) is 13.4. The van der Waals surface area contributed by atoms with Crippen molar-refractivity contribution >= 4 is 29.0 Å². The van der Waals surface area contributed by atoms with Crippen LogP contribution in [0.1, 0.15) is 27.5 Å². The maximum atomic E-state index is 12.2. The molecule has 1 amide bonds. The first-order valence-electron chi connectivity index (χ1n) is 6.85. The van der Waals surface area contributed by atoms with Gasteiger partial charge in [0.15, 0.2) is 0 Å². The lowest BCUT2D eigenvalue weighted by atomic mass is 10.1. The van der Waals surface area contributed by atoms with E-state index in [0.717, 1.165) is 5.56 Å². The molecule has 1 aliphatic heterocycles. The van der Waals surface area contributed by atoms with Gasteiger partial charge in [0.2, 0.25) is 5.91 Å². The van der Waals surface area contributed by atoms with Gasteiger partial charge >= 0.3 is 0 Å². The number of β-amino-alcohol motifs (C(OH)–C–C–N with tert-alkyl or cyclic N) is 1. The lowest BCUT2D eigenvalue weighted by molar-refractivity contribution is -0.129. The van der Waals surface area contributed by atoms with E-state index in [1.165, 1.54) is 10.4 Å². The maximum absolute atomic E-state index is 12.2. The van der Waals surface area contributed by atoms with Crippen LogP contribution in [0, 0.1) is 6.92 Å². The van der Waals surface area contributed by atoms with Gasteiger partial charge in [-0.15, -0.1) is 23.1 Å². The van der Waals surface area contributed by atoms with Crippen molar-refractivity contribution in [2.24, 2.45) is 0 Å². The molecule has 1 saturated heterocycles. The molecule has 0 saturated carbocycles. The van der Waals surface area contributed by atoms with Crippen LogP contribution in [0.2, 0.25) is 0 Å². The Hall–Kier alpha value is -1.30. The zero-order chi connectivity index (χ0) is 14.8. The number of thioether (sulfide) groups is 1. The summed E-state index contributed by atoms with van der Waals surface area (Å²) >= 11 is 3.32. The van der Waals surface area contributed by atoms with Crippen molar-refractivity contribution in [3.05, 3.63) is 57.8 Å². The van der Waals surface area contributed by atoms with E-state index in [9.17, 15) is 9.90 Å². The van der Waals surface area contributed by atoms with Crippen molar-refractivity contribution in [1.29, 1.82) is 0 Å². The Morgan fingerprint density at radius 1 is 1.33 bits per heavy atom. The molecule has 1 aromatic carbocycles. The third-order valence-corrected chi connectivity index (χ3v) is 6.09. The van der Waals surface area contributed by atoms with Gasteiger partial charge in [-0.3, -0.25) is 4.79 Å². The third-order valence-electron chi connectivity index (χ3n) is 3.65. The van der Waals surface area contributed by atoms with Crippen LogP contribution in [0.4, 0.5) is 0 Å². The van der Waals surface area contributed by atoms with Crippen LogP contribution in [0.5, 0.6) is 0 Å². The van der Waals surface area contributed by atoms with Crippen molar-refractivity contribution < 1.29 is 9.90 Å². The van der Waals surface area contributed by atoms with Gasteiger partial charge in [0.05, 0.1) is 18.4 Å². The highest BCUT2D eigenvalue weighted by Crippen LogP contribution is 2.42. The highest BCUT2D eigenvalue weighted by atomic mass is 32.2. The van der Waals surface area contributed by atoms with E-state index < -0.39 is 6.10 Å². The van der Waals surface area contributed by atoms with Gasteiger partial charge in [-0.25, -0.2) is 0 Å². The van der Waals surface area contributed by atoms with Gasteiger partial charge < -0.3 is 10.0 Å². The molecule has 5 heteroatoms. The topological polar surface area (TPSA) is 40.5 Å². The van der Waals surface area contributed by atoms with E-state index in [4.69, 9.17) is 0 Å². The Bertz CT molecular complexity index is 626. The average Bonchev–Trinajstić information content (AvgIpc) is 3.07. The molecule has 110 valence electrons. The summed E-state index contributed by atoms with van der Waals surface area (Å²) in [5.74, 6) is 0.594. The van der Waals surface area contributed by atoms with Crippen molar-refractivity contribution in [2.45, 2.75) is 18.4 Å². The molecule has 1 N–H and O–H groups in total. The van der Waals surface area contributed by atoms with Gasteiger partial charge in [-0.2, -0.15) is 0 Å². The molecule has 0 unspecified atom stereocenters. The first kappa shape index (κ1) is 14.6. The first-order chi connectivity index (χ1) is 10.2. The van der Waals surface area contributed by atoms with Gasteiger partial charge in [0.25, 0.3) is 0 Å². The van der Waals surface area contributed by atoms with Crippen molar-refractivity contribution in [1.82, 2.24) is 4.90 Å². The fourth-order valence-electron chi connectivity index (χ4n) is 2.47. The van der Waals surface area contributed by atoms with E-state index in [-0.39, 0.29) is 11.3 Å². The standard InChI is InChI=1S/C16H17NO2S2/c1-11-7-8-20-15(11)16-17(14(19)10-21-16)9-13(18)12-5-3-2-4-6-12/h2-8,13,16,18H,9-10H2,1H3/t13-,16-/m0/s1. The molecular formula is C16H17NO2S2. The predicted octanol–water partition coefficient (Wildman–Crippen LogP) is 3.36. The van der Waals surface area contributed by atoms with Crippen LogP contribution in [-0.4, -0.2) is 28.2 Å². The van der Waals surface area contributed by atoms with Gasteiger partial charge in [-0.05, 0) is 29.5 Å². The minimum atomic E-state index is -0.642. The molecule has 1 fully saturated rings. The number of nitrogens with zero attached hydrogens (tertiary/aromatic N) is 1. The van der Waals surface area contributed by atoms with Crippen molar-refractivity contribution in [3.8, 4) is 0 Å². The second-order valence-corrected chi connectivity index (χ2v) is 7.12. The van der Waals surface area contributed by atoms with Crippen LogP contribution in [0.3, 0.4) is 0 Å². The molecule has 3 nitrogen and oxygen atoms in total. The van der Waals surface area contributed by atoms with E-state index in [2.05, 4.69) is 18.4 Å². The normalized spacial score (nSPS) is 20.0. The lowest BCUT2D eigenvalue weighted by Gasteiger charge is -2.26. The summed E-state index contributed by atoms with van der Waals surface area (Å²) in [6.45, 7) is 2.42. The third kappa shape index (κ3) is 3.00. The number of carbonyl (C=O) groups is 1. The summed E-state index contributed by atoms with van der Waals surface area (Å²) < 4.78 is 0. The number of carbonyl (C=O) groups excluding carboxylic acids is 1. The molecule has 0 radical (unpaired) electrons. The minimum absolute atomic E-state index is 0.0378. The molecule has 2 atom stereocenters. The Labute approximate surface area is 132 Å². The minimum Gasteiger partial charge on any atom is -0.387 e.